The number of hydrogen-bond acceptors (Lipinski definition) is 8. The summed E-state index contributed by atoms with van der Waals surface area (Å²) in [7, 11) is 0. The van der Waals surface area contributed by atoms with E-state index in [1.54, 1.807) is 0 Å². The summed E-state index contributed by atoms with van der Waals surface area (Å²) in [6.45, 7) is 0.0426. The number of piperidine rings is 1. The maximum atomic E-state index is 11.0. The quantitative estimate of drug-likeness (QED) is 0.316. The predicted molar refractivity (Wildman–Crippen MR) is 57.9 cm³/mol. The summed E-state index contributed by atoms with van der Waals surface area (Å²) in [5.41, 5.74) is 0. The van der Waals surface area contributed by atoms with E-state index in [2.05, 4.69) is 9.68 Å². The molecule has 19 heavy (non-hydrogen) atoms. The lowest BCUT2D eigenvalue weighted by Gasteiger charge is -2.31. The highest BCUT2D eigenvalue weighted by atomic mass is 17.0. The fraction of sp³-hybridized carbons (Fsp3) is 1.00. The zero-order chi connectivity index (χ0) is 14.3. The monoisotopic (exact) mass is 281 g/mol. The van der Waals surface area contributed by atoms with Crippen LogP contribution in [0.25, 0.3) is 0 Å². The molecule has 0 aromatic heterocycles. The van der Waals surface area contributed by atoms with Gasteiger partial charge in [-0.3, -0.25) is 0 Å². The van der Waals surface area contributed by atoms with Crippen molar-refractivity contribution in [3.8, 4) is 0 Å². The van der Waals surface area contributed by atoms with Gasteiger partial charge in [0.1, 0.15) is 6.61 Å². The molecule has 1 aliphatic heterocycles. The average Bonchev–Trinajstić information content (AvgIpc) is 2.34. The van der Waals surface area contributed by atoms with Crippen LogP contribution in [0.15, 0.2) is 0 Å². The molecule has 1 unspecified atom stereocenters. The third kappa shape index (κ3) is 6.69. The maximum Gasteiger partial charge on any atom is 0.294 e. The van der Waals surface area contributed by atoms with E-state index in [-0.39, 0.29) is 17.8 Å². The highest BCUT2D eigenvalue weighted by Crippen LogP contribution is 2.07. The van der Waals surface area contributed by atoms with E-state index in [0.29, 0.717) is 25.9 Å². The third-order valence-electron chi connectivity index (χ3n) is 2.61. The highest BCUT2D eigenvalue weighted by molar-refractivity contribution is 4.63. The van der Waals surface area contributed by atoms with Gasteiger partial charge in [-0.05, 0) is 0 Å². The second-order valence-electron chi connectivity index (χ2n) is 4.04. The van der Waals surface area contributed by atoms with E-state index >= 15 is 0 Å². The van der Waals surface area contributed by atoms with Gasteiger partial charge in [0, 0.05) is 12.8 Å². The molecular formula is C8H15N3O8. The lowest BCUT2D eigenvalue weighted by atomic mass is 10.1. The summed E-state index contributed by atoms with van der Waals surface area (Å²) in [6, 6.07) is 0. The van der Waals surface area contributed by atoms with E-state index in [1.165, 1.54) is 0 Å². The largest absolute Gasteiger partial charge is 0.634 e. The molecule has 11 nitrogen and oxygen atoms in total. The molecule has 0 amide bonds. The van der Waals surface area contributed by atoms with Gasteiger partial charge in [0.15, 0.2) is 6.10 Å². The molecule has 0 aromatic carbocycles. The fourth-order valence-electron chi connectivity index (χ4n) is 1.70. The van der Waals surface area contributed by atoms with Crippen LogP contribution in [-0.4, -0.2) is 48.7 Å². The topological polar surface area (TPSA) is 141 Å². The first-order valence-electron chi connectivity index (χ1n) is 5.69. The Morgan fingerprint density at radius 3 is 2.32 bits per heavy atom. The average molecular weight is 281 g/mol. The first-order chi connectivity index (χ1) is 8.97. The summed E-state index contributed by atoms with van der Waals surface area (Å²) >= 11 is 0. The molecule has 0 aromatic rings. The number of nitrogens with one attached hydrogen (secondary N) is 1. The Kier molecular flexibility index (Phi) is 6.18. The van der Waals surface area contributed by atoms with Crippen molar-refractivity contribution in [1.82, 2.24) is 0 Å². The van der Waals surface area contributed by atoms with Crippen molar-refractivity contribution in [2.75, 3.05) is 26.3 Å². The maximum absolute atomic E-state index is 11.0. The van der Waals surface area contributed by atoms with Gasteiger partial charge in [0.05, 0.1) is 25.8 Å². The molecular weight excluding hydrogens is 266 g/mol. The first-order valence-corrected chi connectivity index (χ1v) is 5.69. The van der Waals surface area contributed by atoms with Gasteiger partial charge in [-0.1, -0.05) is 0 Å². The SMILES string of the molecule is O=[N+]([O-])OCC(COC1CC[NH+]([O-])CC1)O[N+](=O)[O-]. The lowest BCUT2D eigenvalue weighted by molar-refractivity contribution is -0.854. The molecule has 1 saturated heterocycles. The van der Waals surface area contributed by atoms with Crippen LogP contribution in [0.4, 0.5) is 0 Å². The van der Waals surface area contributed by atoms with Crippen molar-refractivity contribution < 1.29 is 29.6 Å². The van der Waals surface area contributed by atoms with Crippen LogP contribution in [0.1, 0.15) is 12.8 Å². The third-order valence-corrected chi connectivity index (χ3v) is 2.61. The van der Waals surface area contributed by atoms with Crippen LogP contribution in [0.5, 0.6) is 0 Å². The Hall–Kier alpha value is -1.72. The molecule has 11 heteroatoms. The molecule has 1 rings (SSSR count). The summed E-state index contributed by atoms with van der Waals surface area (Å²) in [5, 5.41) is 29.3. The molecule has 0 spiro atoms. The van der Waals surface area contributed by atoms with Crippen molar-refractivity contribution >= 4 is 0 Å². The Morgan fingerprint density at radius 2 is 1.79 bits per heavy atom. The van der Waals surface area contributed by atoms with Crippen molar-refractivity contribution in [3.05, 3.63) is 25.4 Å². The second kappa shape index (κ2) is 7.66. The number of quaternary nitrogens is 1. The summed E-state index contributed by atoms with van der Waals surface area (Å²) < 4.78 is 5.34. The smallest absolute Gasteiger partial charge is 0.294 e. The lowest BCUT2D eigenvalue weighted by Crippen LogP contribution is -3.08. The molecule has 110 valence electrons. The van der Waals surface area contributed by atoms with Gasteiger partial charge in [0.25, 0.3) is 10.2 Å². The van der Waals surface area contributed by atoms with E-state index in [0.717, 1.165) is 0 Å². The minimum absolute atomic E-state index is 0.162. The summed E-state index contributed by atoms with van der Waals surface area (Å²) in [4.78, 5) is 28.5. The van der Waals surface area contributed by atoms with Gasteiger partial charge in [-0.25, -0.2) is 0 Å². The Bertz CT molecular complexity index is 306. The van der Waals surface area contributed by atoms with Gasteiger partial charge in [-0.15, -0.1) is 20.2 Å². The number of rotatable bonds is 8. The van der Waals surface area contributed by atoms with Gasteiger partial charge >= 0.3 is 0 Å². The molecule has 0 aliphatic carbocycles. The molecule has 1 heterocycles. The van der Waals surface area contributed by atoms with Crippen LogP contribution < -0.4 is 5.06 Å². The Labute approximate surface area is 107 Å². The summed E-state index contributed by atoms with van der Waals surface area (Å²) in [5.74, 6) is 0. The van der Waals surface area contributed by atoms with Gasteiger partial charge in [0.2, 0.25) is 0 Å². The van der Waals surface area contributed by atoms with Crippen LogP contribution in [0.3, 0.4) is 0 Å². The standard InChI is InChI=1S/C8H15N3O8/c12-9-3-1-7(2-4-9)17-5-8(19-11(15)16)6-18-10(13)14/h7-9H,1-6H2. The Balaban J connectivity index is 2.30. The minimum atomic E-state index is -1.17. The zero-order valence-electron chi connectivity index (χ0n) is 10.1. The van der Waals surface area contributed by atoms with Gasteiger partial charge in [-0.2, -0.15) is 0 Å². The molecule has 0 radical (unpaired) electrons. The van der Waals surface area contributed by atoms with E-state index in [1.807, 2.05) is 0 Å². The zero-order valence-corrected chi connectivity index (χ0v) is 10.1. The molecule has 1 atom stereocenters. The van der Waals surface area contributed by atoms with Crippen LogP contribution >= 0.6 is 0 Å². The first kappa shape index (κ1) is 15.3. The Morgan fingerprint density at radius 1 is 1.16 bits per heavy atom. The van der Waals surface area contributed by atoms with Crippen molar-refractivity contribution in [2.24, 2.45) is 0 Å². The number of ether oxygens (including phenoxy) is 1. The van der Waals surface area contributed by atoms with Crippen molar-refractivity contribution in [1.29, 1.82) is 0 Å². The normalized spacial score (nSPS) is 24.5. The molecule has 1 aliphatic rings. The number of hydrogen-bond donors (Lipinski definition) is 1. The molecule has 0 saturated carbocycles. The molecule has 0 bridgehead atoms. The minimum Gasteiger partial charge on any atom is -0.634 e. The van der Waals surface area contributed by atoms with Gasteiger partial charge < -0.3 is 24.7 Å². The predicted octanol–water partition coefficient (Wildman–Crippen LogP) is -1.67. The summed E-state index contributed by atoms with van der Waals surface area (Å²) in [6.07, 6.45) is -0.274. The highest BCUT2D eigenvalue weighted by Gasteiger charge is 2.22. The van der Waals surface area contributed by atoms with Crippen LogP contribution in [-0.2, 0) is 14.4 Å². The fourth-order valence-corrected chi connectivity index (χ4v) is 1.70. The number of hydroxylamine groups is 2. The van der Waals surface area contributed by atoms with Crippen LogP contribution in [0.2, 0.25) is 0 Å². The second-order valence-corrected chi connectivity index (χ2v) is 4.04. The molecule has 1 fully saturated rings. The number of nitrogens with zero attached hydrogens (tertiary/aromatic N) is 2. The van der Waals surface area contributed by atoms with Crippen LogP contribution in [0, 0.1) is 25.4 Å². The van der Waals surface area contributed by atoms with E-state index in [9.17, 15) is 25.4 Å². The van der Waals surface area contributed by atoms with Crippen molar-refractivity contribution in [2.45, 2.75) is 25.0 Å². The van der Waals surface area contributed by atoms with Crippen molar-refractivity contribution in [3.63, 3.8) is 0 Å². The van der Waals surface area contributed by atoms with E-state index in [4.69, 9.17) is 4.74 Å². The molecule has 1 N–H and O–H groups in total. The van der Waals surface area contributed by atoms with E-state index < -0.39 is 22.9 Å².